The zero-order valence-electron chi connectivity index (χ0n) is 23.7. The minimum Gasteiger partial charge on any atom is -0.438 e. The van der Waals surface area contributed by atoms with E-state index < -0.39 is 29.3 Å². The molecule has 3 aromatic rings. The Bertz CT molecular complexity index is 1480. The fourth-order valence-electron chi connectivity index (χ4n) is 3.55. The van der Waals surface area contributed by atoms with Crippen LogP contribution in [0, 0.1) is 11.6 Å². The summed E-state index contributed by atoms with van der Waals surface area (Å²) in [5.41, 5.74) is -1.36. The minimum absolute atomic E-state index is 0.0160. The van der Waals surface area contributed by atoms with Gasteiger partial charge in [0.1, 0.15) is 27.4 Å². The number of nitrogens with one attached hydrogen (secondary N) is 1. The summed E-state index contributed by atoms with van der Waals surface area (Å²) >= 11 is 17.8. The second-order valence-electron chi connectivity index (χ2n) is 9.38. The molecule has 44 heavy (non-hydrogen) atoms. The predicted molar refractivity (Wildman–Crippen MR) is 165 cm³/mol. The van der Waals surface area contributed by atoms with Crippen LogP contribution < -0.4 is 10.1 Å². The zero-order chi connectivity index (χ0) is 33.2. The first kappa shape index (κ1) is 37.1. The lowest BCUT2D eigenvalue weighted by Gasteiger charge is -2.30. The van der Waals surface area contributed by atoms with E-state index in [1.165, 1.54) is 24.4 Å². The Labute approximate surface area is 270 Å². The van der Waals surface area contributed by atoms with Gasteiger partial charge in [0, 0.05) is 30.1 Å². The Hall–Kier alpha value is -3.06. The molecule has 1 heterocycles. The van der Waals surface area contributed by atoms with Crippen molar-refractivity contribution >= 4 is 63.4 Å². The fraction of sp³-hybridized carbons (Fsp3) is 0.276. The highest BCUT2D eigenvalue weighted by Crippen LogP contribution is 2.33. The number of benzene rings is 2. The van der Waals surface area contributed by atoms with Crippen LogP contribution in [0.3, 0.4) is 0 Å². The first-order valence-electron chi connectivity index (χ1n) is 12.7. The molecular formula is C29H27Cl3F5N3O3S. The Balaban J connectivity index is 0.000000362. The topological polar surface area (TPSA) is 71.5 Å². The van der Waals surface area contributed by atoms with Gasteiger partial charge in [0.05, 0.1) is 16.3 Å². The third-order valence-electron chi connectivity index (χ3n) is 5.42. The van der Waals surface area contributed by atoms with Gasteiger partial charge in [-0.2, -0.15) is 13.2 Å². The molecule has 1 N–H and O–H groups in total. The van der Waals surface area contributed by atoms with Crippen LogP contribution in [-0.2, 0) is 6.18 Å². The quantitative estimate of drug-likeness (QED) is 0.237. The summed E-state index contributed by atoms with van der Waals surface area (Å²) < 4.78 is 70.5. The Morgan fingerprint density at radius 1 is 0.977 bits per heavy atom. The number of alkyl halides is 3. The van der Waals surface area contributed by atoms with E-state index in [0.29, 0.717) is 16.9 Å². The summed E-state index contributed by atoms with van der Waals surface area (Å²) in [7, 11) is 0. The number of thioether (sulfide) groups is 1. The van der Waals surface area contributed by atoms with E-state index in [0.717, 1.165) is 42.1 Å². The highest BCUT2D eigenvalue weighted by molar-refractivity contribution is 8.13. The van der Waals surface area contributed by atoms with Crippen LogP contribution in [0.25, 0.3) is 0 Å². The first-order valence-corrected chi connectivity index (χ1v) is 14.8. The molecule has 6 nitrogen and oxygen atoms in total. The molecule has 0 unspecified atom stereocenters. The summed E-state index contributed by atoms with van der Waals surface area (Å²) in [6.45, 7) is 7.91. The molecule has 0 saturated carbocycles. The van der Waals surface area contributed by atoms with Crippen molar-refractivity contribution in [1.29, 1.82) is 0 Å². The van der Waals surface area contributed by atoms with Gasteiger partial charge in [-0.3, -0.25) is 9.59 Å². The molecule has 0 fully saturated rings. The van der Waals surface area contributed by atoms with Crippen molar-refractivity contribution in [3.05, 3.63) is 93.1 Å². The predicted octanol–water partition coefficient (Wildman–Crippen LogP) is 10.3. The molecule has 3 rings (SSSR count). The van der Waals surface area contributed by atoms with Crippen molar-refractivity contribution in [2.24, 2.45) is 0 Å². The number of carbonyl (C=O) groups excluding carboxylic acids is 2. The third-order valence-corrected chi connectivity index (χ3v) is 7.44. The van der Waals surface area contributed by atoms with Crippen molar-refractivity contribution < 1.29 is 36.3 Å². The highest BCUT2D eigenvalue weighted by Gasteiger charge is 2.31. The molecule has 0 bridgehead atoms. The van der Waals surface area contributed by atoms with Crippen molar-refractivity contribution in [2.75, 3.05) is 11.1 Å². The molecule has 0 aliphatic carbocycles. The molecule has 0 radical (unpaired) electrons. The molecule has 0 saturated heterocycles. The van der Waals surface area contributed by atoms with Crippen molar-refractivity contribution in [3.63, 3.8) is 0 Å². The maximum absolute atomic E-state index is 13.7. The lowest BCUT2D eigenvalue weighted by molar-refractivity contribution is -0.137. The molecule has 0 spiro atoms. The number of hydrogen-bond donors (Lipinski definition) is 1. The molecular weight excluding hydrogens is 672 g/mol. The molecule has 15 heteroatoms. The van der Waals surface area contributed by atoms with Crippen molar-refractivity contribution in [1.82, 2.24) is 9.88 Å². The second-order valence-corrected chi connectivity index (χ2v) is 11.7. The van der Waals surface area contributed by atoms with Gasteiger partial charge in [-0.1, -0.05) is 52.6 Å². The lowest BCUT2D eigenvalue weighted by atomic mass is 10.2. The number of nitrogens with zero attached hydrogens (tertiary/aromatic N) is 2. The van der Waals surface area contributed by atoms with Crippen LogP contribution in [0.1, 0.15) is 43.6 Å². The molecule has 0 aliphatic rings. The number of rotatable bonds is 8. The summed E-state index contributed by atoms with van der Waals surface area (Å²) in [5, 5.41) is 2.52. The van der Waals surface area contributed by atoms with E-state index in [4.69, 9.17) is 39.5 Å². The largest absolute Gasteiger partial charge is 0.438 e. The monoisotopic (exact) mass is 697 g/mol. The number of halogens is 8. The average Bonchev–Trinajstić information content (AvgIpc) is 2.93. The van der Waals surface area contributed by atoms with Gasteiger partial charge in [-0.05, 0) is 70.2 Å². The second kappa shape index (κ2) is 16.9. The number of aromatic nitrogens is 1. The Morgan fingerprint density at radius 2 is 1.64 bits per heavy atom. The van der Waals surface area contributed by atoms with Gasteiger partial charge in [0.2, 0.25) is 5.88 Å². The summed E-state index contributed by atoms with van der Waals surface area (Å²) in [6, 6.07) is 9.66. The first-order chi connectivity index (χ1) is 20.5. The van der Waals surface area contributed by atoms with Crippen LogP contribution in [0.2, 0.25) is 0 Å². The van der Waals surface area contributed by atoms with E-state index >= 15 is 0 Å². The van der Waals surface area contributed by atoms with Gasteiger partial charge >= 0.3 is 6.18 Å². The van der Waals surface area contributed by atoms with E-state index in [1.807, 2.05) is 27.7 Å². The van der Waals surface area contributed by atoms with Gasteiger partial charge in [0.15, 0.2) is 0 Å². The summed E-state index contributed by atoms with van der Waals surface area (Å²) in [4.78, 5) is 29.9. The van der Waals surface area contributed by atoms with Crippen LogP contribution in [-0.4, -0.2) is 38.9 Å². The number of pyridine rings is 1. The van der Waals surface area contributed by atoms with E-state index in [9.17, 15) is 31.5 Å². The van der Waals surface area contributed by atoms with E-state index in [-0.39, 0.29) is 44.7 Å². The average molecular weight is 699 g/mol. The van der Waals surface area contributed by atoms with Gasteiger partial charge in [0.25, 0.3) is 11.1 Å². The Kier molecular flexibility index (Phi) is 14.2. The molecule has 2 aromatic carbocycles. The van der Waals surface area contributed by atoms with Crippen LogP contribution in [0.5, 0.6) is 11.6 Å². The van der Waals surface area contributed by atoms with E-state index in [2.05, 4.69) is 10.3 Å². The normalized spacial score (nSPS) is 11.0. The molecule has 2 amide bonds. The molecule has 1 aromatic heterocycles. The van der Waals surface area contributed by atoms with Gasteiger partial charge in [-0.25, -0.2) is 13.8 Å². The highest BCUT2D eigenvalue weighted by atomic mass is 35.5. The van der Waals surface area contributed by atoms with E-state index in [1.54, 1.807) is 4.90 Å². The molecule has 0 atom stereocenters. The fourth-order valence-corrected chi connectivity index (χ4v) is 4.97. The third kappa shape index (κ3) is 11.5. The van der Waals surface area contributed by atoms with Crippen LogP contribution in [0.15, 0.2) is 70.3 Å². The number of amides is 2. The van der Waals surface area contributed by atoms with Gasteiger partial charge in [-0.15, -0.1) is 0 Å². The van der Waals surface area contributed by atoms with Gasteiger partial charge < -0.3 is 15.0 Å². The molecule has 0 aliphatic heterocycles. The molecule has 238 valence electrons. The van der Waals surface area contributed by atoms with Crippen molar-refractivity contribution in [3.8, 4) is 11.6 Å². The maximum atomic E-state index is 13.7. The number of hydrogen-bond acceptors (Lipinski definition) is 5. The number of ether oxygens (including phenoxy) is 1. The minimum atomic E-state index is -4.57. The summed E-state index contributed by atoms with van der Waals surface area (Å²) in [6.07, 6.45) is -3.29. The Morgan fingerprint density at radius 3 is 2.20 bits per heavy atom. The summed E-state index contributed by atoms with van der Waals surface area (Å²) in [5.74, 6) is -2.79. The SMILES string of the molecule is CC(C)N(C(=O)SCC(Cl)=C(Cl)Cl)C(C)C.O=C(Nc1ccc(F)cc1F)c1cccnc1Oc1cccc(C(F)(F)F)c1. The lowest BCUT2D eigenvalue weighted by Crippen LogP contribution is -2.39. The van der Waals surface area contributed by atoms with Crippen molar-refractivity contribution in [2.45, 2.75) is 46.0 Å². The van der Waals surface area contributed by atoms with Crippen LogP contribution >= 0.6 is 46.6 Å². The zero-order valence-corrected chi connectivity index (χ0v) is 26.8. The smallest absolute Gasteiger partial charge is 0.416 e. The van der Waals surface area contributed by atoms with Crippen LogP contribution in [0.4, 0.5) is 32.4 Å². The number of anilines is 1. The number of carbonyl (C=O) groups is 2. The standard InChI is InChI=1S/C19H11F5N2O2.C10H16Cl3NOS/c20-12-6-7-16(15(21)10-12)26-17(27)14-5-2-8-25-18(14)28-13-4-1-3-11(9-13)19(22,23)24;1-6(2)14(7(3)4)10(15)16-5-8(11)9(12)13/h1-10H,(H,26,27);6-7H,5H2,1-4H3. The maximum Gasteiger partial charge on any atom is 0.416 e.